The molecule has 0 bridgehead atoms. The molecule has 4 aromatic carbocycles. The van der Waals surface area contributed by atoms with E-state index in [9.17, 15) is 4.79 Å². The predicted molar refractivity (Wildman–Crippen MR) is 139 cm³/mol. The van der Waals surface area contributed by atoms with Crippen molar-refractivity contribution in [2.24, 2.45) is 0 Å². The van der Waals surface area contributed by atoms with Crippen LogP contribution in [0.25, 0.3) is 21.8 Å². The van der Waals surface area contributed by atoms with Crippen molar-refractivity contribution >= 4 is 39.3 Å². The maximum atomic E-state index is 12.3. The van der Waals surface area contributed by atoms with Crippen molar-refractivity contribution in [2.75, 3.05) is 6.54 Å². The number of halogens is 1. The van der Waals surface area contributed by atoms with Crippen molar-refractivity contribution in [2.45, 2.75) is 25.8 Å². The minimum absolute atomic E-state index is 0.0204. The average Bonchev–Trinajstić information content (AvgIpc) is 3.20. The van der Waals surface area contributed by atoms with Gasteiger partial charge in [-0.05, 0) is 58.7 Å². The number of nitrogens with one attached hydrogen (secondary N) is 1. The molecule has 1 amide bonds. The molecule has 4 nitrogen and oxygen atoms in total. The van der Waals surface area contributed by atoms with Crippen LogP contribution >= 0.6 is 11.6 Å². The van der Waals surface area contributed by atoms with Gasteiger partial charge in [0.05, 0.1) is 17.5 Å². The summed E-state index contributed by atoms with van der Waals surface area (Å²) in [5.41, 5.74) is 4.35. The second-order valence-electron chi connectivity index (χ2n) is 8.54. The Morgan fingerprint density at radius 1 is 0.853 bits per heavy atom. The van der Waals surface area contributed by atoms with Crippen LogP contribution in [0.5, 0.6) is 0 Å². The van der Waals surface area contributed by atoms with Gasteiger partial charge in [0.2, 0.25) is 5.91 Å². The van der Waals surface area contributed by atoms with Crippen molar-refractivity contribution in [3.8, 4) is 0 Å². The molecule has 0 saturated carbocycles. The number of imidazole rings is 1. The highest BCUT2D eigenvalue weighted by atomic mass is 35.5. The molecule has 0 fully saturated rings. The van der Waals surface area contributed by atoms with E-state index in [1.165, 1.54) is 16.3 Å². The highest BCUT2D eigenvalue weighted by molar-refractivity contribution is 6.30. The van der Waals surface area contributed by atoms with E-state index in [-0.39, 0.29) is 5.91 Å². The molecule has 0 saturated heterocycles. The van der Waals surface area contributed by atoms with E-state index < -0.39 is 0 Å². The molecule has 1 aromatic heterocycles. The molecule has 0 atom stereocenters. The largest absolute Gasteiger partial charge is 0.356 e. The molecule has 1 N–H and O–H groups in total. The molecule has 0 aliphatic rings. The van der Waals surface area contributed by atoms with Gasteiger partial charge in [-0.15, -0.1) is 0 Å². The summed E-state index contributed by atoms with van der Waals surface area (Å²) in [6.07, 6.45) is 1.98. The summed E-state index contributed by atoms with van der Waals surface area (Å²) in [6, 6.07) is 30.7. The van der Waals surface area contributed by atoms with Crippen LogP contribution in [-0.2, 0) is 24.2 Å². The Hall–Kier alpha value is -3.63. The molecular weight excluding hydrogens is 442 g/mol. The fourth-order valence-corrected chi connectivity index (χ4v) is 4.46. The highest BCUT2D eigenvalue weighted by Crippen LogP contribution is 2.21. The SMILES string of the molecule is O=C(Cc1ccc(Cl)cc1)NCCCc1nc2ccccc2n1Cc1ccc2ccccc2c1. The second-order valence-corrected chi connectivity index (χ2v) is 8.98. The average molecular weight is 468 g/mol. The lowest BCUT2D eigenvalue weighted by atomic mass is 10.1. The third-order valence-electron chi connectivity index (χ3n) is 6.07. The van der Waals surface area contributed by atoms with Gasteiger partial charge in [0.25, 0.3) is 0 Å². The number of nitrogens with zero attached hydrogens (tertiary/aromatic N) is 2. The molecule has 0 aliphatic carbocycles. The van der Waals surface area contributed by atoms with E-state index in [1.807, 2.05) is 30.3 Å². The van der Waals surface area contributed by atoms with E-state index >= 15 is 0 Å². The van der Waals surface area contributed by atoms with Crippen LogP contribution in [0, 0.1) is 0 Å². The Bertz CT molecular complexity index is 1440. The van der Waals surface area contributed by atoms with Crippen molar-refractivity contribution in [1.29, 1.82) is 0 Å². The van der Waals surface area contributed by atoms with Gasteiger partial charge in [-0.2, -0.15) is 0 Å². The quantitative estimate of drug-likeness (QED) is 0.277. The lowest BCUT2D eigenvalue weighted by molar-refractivity contribution is -0.120. The molecule has 0 radical (unpaired) electrons. The summed E-state index contributed by atoms with van der Waals surface area (Å²) < 4.78 is 2.30. The minimum Gasteiger partial charge on any atom is -0.356 e. The number of aryl methyl sites for hydroxylation is 1. The summed E-state index contributed by atoms with van der Waals surface area (Å²) in [4.78, 5) is 17.2. The zero-order chi connectivity index (χ0) is 23.3. The van der Waals surface area contributed by atoms with Crippen LogP contribution in [0.15, 0.2) is 91.0 Å². The normalized spacial score (nSPS) is 11.2. The van der Waals surface area contributed by atoms with Gasteiger partial charge < -0.3 is 9.88 Å². The first-order chi connectivity index (χ1) is 16.7. The lowest BCUT2D eigenvalue weighted by Gasteiger charge is -2.11. The minimum atomic E-state index is 0.0204. The molecule has 170 valence electrons. The Balaban J connectivity index is 1.26. The Kier molecular flexibility index (Phi) is 6.59. The van der Waals surface area contributed by atoms with Crippen molar-refractivity contribution in [1.82, 2.24) is 14.9 Å². The first-order valence-corrected chi connectivity index (χ1v) is 12.0. The molecule has 5 heteroatoms. The fraction of sp³-hybridized carbons (Fsp3) is 0.172. The third-order valence-corrected chi connectivity index (χ3v) is 6.32. The topological polar surface area (TPSA) is 46.9 Å². The number of amides is 1. The molecule has 0 aliphatic heterocycles. The van der Waals surface area contributed by atoms with E-state index in [1.54, 1.807) is 0 Å². The second kappa shape index (κ2) is 10.1. The van der Waals surface area contributed by atoms with E-state index in [0.717, 1.165) is 41.8 Å². The number of rotatable bonds is 8. The summed E-state index contributed by atoms with van der Waals surface area (Å²) in [5.74, 6) is 1.06. The van der Waals surface area contributed by atoms with Gasteiger partial charge in [0.1, 0.15) is 5.82 Å². The standard InChI is InChI=1S/C29H26ClN3O/c30-25-15-12-21(13-16-25)19-29(34)31-17-5-10-28-32-26-8-3-4-9-27(26)33(28)20-22-11-14-23-6-1-2-7-24(23)18-22/h1-4,6-9,11-16,18H,5,10,17,19-20H2,(H,31,34). The van der Waals surface area contributed by atoms with Crippen LogP contribution in [0.1, 0.15) is 23.4 Å². The summed E-state index contributed by atoms with van der Waals surface area (Å²) >= 11 is 5.92. The molecule has 0 spiro atoms. The van der Waals surface area contributed by atoms with Gasteiger partial charge in [-0.3, -0.25) is 4.79 Å². The number of benzene rings is 4. The zero-order valence-electron chi connectivity index (χ0n) is 18.9. The Morgan fingerprint density at radius 2 is 1.59 bits per heavy atom. The molecule has 34 heavy (non-hydrogen) atoms. The zero-order valence-corrected chi connectivity index (χ0v) is 19.6. The van der Waals surface area contributed by atoms with Crippen molar-refractivity contribution in [3.63, 3.8) is 0 Å². The van der Waals surface area contributed by atoms with Gasteiger partial charge in [0.15, 0.2) is 0 Å². The fourth-order valence-electron chi connectivity index (χ4n) is 4.34. The van der Waals surface area contributed by atoms with Crippen LogP contribution in [0.2, 0.25) is 5.02 Å². The first-order valence-electron chi connectivity index (χ1n) is 11.6. The Morgan fingerprint density at radius 3 is 2.44 bits per heavy atom. The van der Waals surface area contributed by atoms with Crippen molar-refractivity contribution in [3.05, 3.63) is 113 Å². The van der Waals surface area contributed by atoms with Crippen LogP contribution in [-0.4, -0.2) is 22.0 Å². The van der Waals surface area contributed by atoms with Gasteiger partial charge in [-0.1, -0.05) is 72.3 Å². The van der Waals surface area contributed by atoms with Crippen LogP contribution < -0.4 is 5.32 Å². The monoisotopic (exact) mass is 467 g/mol. The maximum Gasteiger partial charge on any atom is 0.224 e. The van der Waals surface area contributed by atoms with Gasteiger partial charge >= 0.3 is 0 Å². The number of fused-ring (bicyclic) bond motifs is 2. The summed E-state index contributed by atoms with van der Waals surface area (Å²) in [5, 5.41) is 6.20. The number of carbonyl (C=O) groups is 1. The van der Waals surface area contributed by atoms with Crippen LogP contribution in [0.3, 0.4) is 0 Å². The molecule has 0 unspecified atom stereocenters. The molecule has 5 rings (SSSR count). The summed E-state index contributed by atoms with van der Waals surface area (Å²) in [6.45, 7) is 1.38. The van der Waals surface area contributed by atoms with E-state index in [0.29, 0.717) is 18.0 Å². The first kappa shape index (κ1) is 22.2. The highest BCUT2D eigenvalue weighted by Gasteiger charge is 2.12. The number of hydrogen-bond acceptors (Lipinski definition) is 2. The number of carbonyl (C=O) groups excluding carboxylic acids is 1. The summed E-state index contributed by atoms with van der Waals surface area (Å²) in [7, 11) is 0. The number of aromatic nitrogens is 2. The van der Waals surface area contributed by atoms with E-state index in [2.05, 4.69) is 70.5 Å². The molecule has 5 aromatic rings. The number of hydrogen-bond donors (Lipinski definition) is 1. The maximum absolute atomic E-state index is 12.3. The van der Waals surface area contributed by atoms with Gasteiger partial charge in [-0.25, -0.2) is 4.98 Å². The van der Waals surface area contributed by atoms with Crippen molar-refractivity contribution < 1.29 is 4.79 Å². The predicted octanol–water partition coefficient (Wildman–Crippen LogP) is 6.18. The molecular formula is C29H26ClN3O. The Labute approximate surface area is 204 Å². The van der Waals surface area contributed by atoms with Crippen LogP contribution in [0.4, 0.5) is 0 Å². The third kappa shape index (κ3) is 5.13. The van der Waals surface area contributed by atoms with E-state index in [4.69, 9.17) is 16.6 Å². The lowest BCUT2D eigenvalue weighted by Crippen LogP contribution is -2.26. The van der Waals surface area contributed by atoms with Gasteiger partial charge in [0, 0.05) is 24.5 Å². The smallest absolute Gasteiger partial charge is 0.224 e. The number of para-hydroxylation sites is 2. The molecule has 1 heterocycles.